The van der Waals surface area contributed by atoms with Gasteiger partial charge in [0.15, 0.2) is 0 Å². The van der Waals surface area contributed by atoms with Gasteiger partial charge in [0, 0.05) is 11.6 Å². The number of aliphatic imine (C=N–C) groups is 1. The van der Waals surface area contributed by atoms with E-state index < -0.39 is 35.7 Å². The Bertz CT molecular complexity index is 1090. The van der Waals surface area contributed by atoms with Gasteiger partial charge >= 0.3 is 11.9 Å². The molecule has 1 aliphatic heterocycles. The summed E-state index contributed by atoms with van der Waals surface area (Å²) >= 11 is 0. The minimum atomic E-state index is -0.870. The molecule has 1 heterocycles. The van der Waals surface area contributed by atoms with Crippen molar-refractivity contribution in [3.8, 4) is 0 Å². The van der Waals surface area contributed by atoms with Gasteiger partial charge in [-0.15, -0.1) is 0 Å². The lowest BCUT2D eigenvalue weighted by atomic mass is 9.75. The minimum absolute atomic E-state index is 0.141. The smallest absolute Gasteiger partial charge is 0.336 e. The van der Waals surface area contributed by atoms with Crippen LogP contribution in [0.3, 0.4) is 0 Å². The van der Waals surface area contributed by atoms with Gasteiger partial charge in [-0.05, 0) is 63.8 Å². The summed E-state index contributed by atoms with van der Waals surface area (Å²) < 4.78 is 24.6. The summed E-state index contributed by atoms with van der Waals surface area (Å²) in [5.41, 5.74) is 2.50. The quantitative estimate of drug-likeness (QED) is 0.493. The summed E-state index contributed by atoms with van der Waals surface area (Å²) in [6, 6.07) is 14.9. The topological polar surface area (TPSA) is 85.2 Å². The first kappa shape index (κ1) is 26.3. The summed E-state index contributed by atoms with van der Waals surface area (Å²) in [6.45, 7) is 7.06. The van der Waals surface area contributed by atoms with Crippen molar-refractivity contribution < 1.29 is 28.6 Å². The van der Waals surface area contributed by atoms with Crippen LogP contribution in [0.15, 0.2) is 70.9 Å². The van der Waals surface area contributed by atoms with Gasteiger partial charge in [0.1, 0.15) is 11.7 Å². The zero-order valence-corrected chi connectivity index (χ0v) is 20.5. The zero-order valence-electron chi connectivity index (χ0n) is 20.5. The highest BCUT2D eigenvalue weighted by atomic mass is 19.1. The fourth-order valence-corrected chi connectivity index (χ4v) is 4.33. The molecule has 2 aromatic rings. The lowest BCUT2D eigenvalue weighted by Gasteiger charge is -2.33. The molecule has 0 fully saturated rings. The molecular weight excluding hydrogens is 449 g/mol. The van der Waals surface area contributed by atoms with E-state index >= 15 is 0 Å². The number of carbonyl (C=O) groups is 2. The van der Waals surface area contributed by atoms with Gasteiger partial charge in [-0.25, -0.2) is 9.18 Å². The minimum Gasteiger partial charge on any atom is -0.463 e. The molecule has 7 heteroatoms. The molecular formula is C28H32FNO5. The Balaban J connectivity index is 2.08. The number of aliphatic hydroxyl groups excluding tert-OH is 1. The number of hydrogen-bond acceptors (Lipinski definition) is 6. The van der Waals surface area contributed by atoms with Crippen molar-refractivity contribution in [2.24, 2.45) is 10.9 Å². The Labute approximate surface area is 205 Å². The van der Waals surface area contributed by atoms with Crippen molar-refractivity contribution >= 4 is 17.7 Å². The van der Waals surface area contributed by atoms with E-state index in [0.29, 0.717) is 23.4 Å². The number of aliphatic hydroxyl groups is 1. The number of nitrogens with zero attached hydrogens (tertiary/aromatic N) is 1. The molecule has 0 saturated heterocycles. The molecule has 35 heavy (non-hydrogen) atoms. The maximum atomic E-state index is 13.7. The third-order valence-electron chi connectivity index (χ3n) is 5.89. The van der Waals surface area contributed by atoms with Crippen molar-refractivity contribution in [1.29, 1.82) is 0 Å². The molecule has 0 bridgehead atoms. The number of allylic oxidation sites excluding steroid dienone is 1. The predicted octanol–water partition coefficient (Wildman–Crippen LogP) is 5.28. The molecule has 0 spiro atoms. The Morgan fingerprint density at radius 1 is 1.09 bits per heavy atom. The molecule has 2 aromatic carbocycles. The summed E-state index contributed by atoms with van der Waals surface area (Å²) in [5, 5.41) is 10.7. The SMILES string of the molecule is CCOC(=O)C1=C(CCC(O)c2ccccc2)N=C(C)C(C(=O)OC(C)C)C1c1ccc(F)cc1. The van der Waals surface area contributed by atoms with E-state index in [1.165, 1.54) is 12.1 Å². The molecule has 3 unspecified atom stereocenters. The third kappa shape index (κ3) is 6.42. The van der Waals surface area contributed by atoms with Crippen molar-refractivity contribution in [2.45, 2.75) is 58.7 Å². The standard InChI is InChI=1S/C28H32FNO5/c1-5-34-27(32)26-22(15-16-23(31)19-9-7-6-8-10-19)30-18(4)24(28(33)35-17(2)3)25(26)20-11-13-21(29)14-12-20/h6-14,17,23-25,31H,5,15-16H2,1-4H3. The zero-order chi connectivity index (χ0) is 25.5. The number of carbonyl (C=O) groups excluding carboxylic acids is 2. The van der Waals surface area contributed by atoms with Crippen LogP contribution in [0.1, 0.15) is 63.7 Å². The van der Waals surface area contributed by atoms with Crippen LogP contribution in [0, 0.1) is 11.7 Å². The monoisotopic (exact) mass is 481 g/mol. The molecule has 0 radical (unpaired) electrons. The largest absolute Gasteiger partial charge is 0.463 e. The maximum absolute atomic E-state index is 13.7. The Hall–Kier alpha value is -3.32. The second-order valence-corrected chi connectivity index (χ2v) is 8.79. The second-order valence-electron chi connectivity index (χ2n) is 8.79. The van der Waals surface area contributed by atoms with Gasteiger partial charge < -0.3 is 14.6 Å². The van der Waals surface area contributed by atoms with E-state index in [0.717, 1.165) is 5.56 Å². The number of hydrogen-bond donors (Lipinski definition) is 1. The van der Waals surface area contributed by atoms with Crippen molar-refractivity contribution in [1.82, 2.24) is 0 Å². The van der Waals surface area contributed by atoms with Crippen molar-refractivity contribution in [2.75, 3.05) is 6.61 Å². The van der Waals surface area contributed by atoms with Crippen LogP contribution in [0.25, 0.3) is 0 Å². The highest BCUT2D eigenvalue weighted by molar-refractivity contribution is 6.07. The van der Waals surface area contributed by atoms with E-state index in [4.69, 9.17) is 9.47 Å². The van der Waals surface area contributed by atoms with Crippen LogP contribution in [0.2, 0.25) is 0 Å². The highest BCUT2D eigenvalue weighted by Gasteiger charge is 2.43. The molecule has 6 nitrogen and oxygen atoms in total. The Kier molecular flexibility index (Phi) is 8.93. The van der Waals surface area contributed by atoms with Gasteiger partial charge in [0.2, 0.25) is 0 Å². The van der Waals surface area contributed by atoms with Crippen LogP contribution in [-0.4, -0.2) is 35.5 Å². The molecule has 1 aliphatic rings. The van der Waals surface area contributed by atoms with Crippen LogP contribution < -0.4 is 0 Å². The van der Waals surface area contributed by atoms with Crippen LogP contribution in [-0.2, 0) is 19.1 Å². The lowest BCUT2D eigenvalue weighted by molar-refractivity contribution is -0.150. The van der Waals surface area contributed by atoms with Crippen LogP contribution >= 0.6 is 0 Å². The highest BCUT2D eigenvalue weighted by Crippen LogP contribution is 2.42. The molecule has 186 valence electrons. The molecule has 0 amide bonds. The fraction of sp³-hybridized carbons (Fsp3) is 0.393. The molecule has 0 saturated carbocycles. The van der Waals surface area contributed by atoms with E-state index in [9.17, 15) is 19.1 Å². The average molecular weight is 482 g/mol. The van der Waals surface area contributed by atoms with Crippen LogP contribution in [0.4, 0.5) is 4.39 Å². The van der Waals surface area contributed by atoms with Gasteiger partial charge in [0.05, 0.1) is 30.1 Å². The number of ether oxygens (including phenoxy) is 2. The number of halogens is 1. The van der Waals surface area contributed by atoms with Gasteiger partial charge in [-0.3, -0.25) is 9.79 Å². The number of benzene rings is 2. The van der Waals surface area contributed by atoms with Crippen molar-refractivity contribution in [3.63, 3.8) is 0 Å². The summed E-state index contributed by atoms with van der Waals surface area (Å²) in [5.74, 6) is -3.16. The molecule has 3 rings (SSSR count). The van der Waals surface area contributed by atoms with E-state index in [2.05, 4.69) is 4.99 Å². The van der Waals surface area contributed by atoms with E-state index in [1.807, 2.05) is 30.3 Å². The summed E-state index contributed by atoms with van der Waals surface area (Å²) in [4.78, 5) is 31.0. The van der Waals surface area contributed by atoms with Gasteiger partial charge in [-0.2, -0.15) is 0 Å². The first-order valence-electron chi connectivity index (χ1n) is 11.9. The summed E-state index contributed by atoms with van der Waals surface area (Å²) in [6.07, 6.45) is -0.515. The predicted molar refractivity (Wildman–Crippen MR) is 131 cm³/mol. The first-order valence-corrected chi connectivity index (χ1v) is 11.9. The number of esters is 2. The van der Waals surface area contributed by atoms with Gasteiger partial charge in [-0.1, -0.05) is 42.5 Å². The molecule has 1 N–H and O–H groups in total. The average Bonchev–Trinajstić information content (AvgIpc) is 2.82. The van der Waals surface area contributed by atoms with Crippen LogP contribution in [0.5, 0.6) is 0 Å². The Morgan fingerprint density at radius 2 is 1.74 bits per heavy atom. The normalized spacial score (nSPS) is 18.8. The third-order valence-corrected chi connectivity index (χ3v) is 5.89. The van der Waals surface area contributed by atoms with E-state index in [1.54, 1.807) is 39.8 Å². The Morgan fingerprint density at radius 3 is 2.34 bits per heavy atom. The lowest BCUT2D eigenvalue weighted by Crippen LogP contribution is -2.37. The number of rotatable bonds is 9. The van der Waals surface area contributed by atoms with Gasteiger partial charge in [0.25, 0.3) is 0 Å². The van der Waals surface area contributed by atoms with E-state index in [-0.39, 0.29) is 24.7 Å². The second kappa shape index (κ2) is 11.9. The molecule has 0 aromatic heterocycles. The molecule has 0 aliphatic carbocycles. The maximum Gasteiger partial charge on any atom is 0.336 e. The summed E-state index contributed by atoms with van der Waals surface area (Å²) in [7, 11) is 0. The van der Waals surface area contributed by atoms with Crippen molar-refractivity contribution in [3.05, 3.63) is 82.8 Å². The first-order chi connectivity index (χ1) is 16.7. The molecule has 3 atom stereocenters. The fourth-order valence-electron chi connectivity index (χ4n) is 4.33.